The third-order valence-electron chi connectivity index (χ3n) is 4.15. The van der Waals surface area contributed by atoms with E-state index < -0.39 is 15.1 Å². The minimum atomic E-state index is -5.30. The van der Waals surface area contributed by atoms with Gasteiger partial charge in [-0.1, -0.05) is 76.7 Å². The predicted octanol–water partition coefficient (Wildman–Crippen LogP) is 7.02. The van der Waals surface area contributed by atoms with E-state index in [2.05, 4.69) is 0 Å². The lowest BCUT2D eigenvalue weighted by Crippen LogP contribution is -2.13. The van der Waals surface area contributed by atoms with Crippen molar-refractivity contribution in [3.8, 4) is 0 Å². The average molecular weight is 381 g/mol. The van der Waals surface area contributed by atoms with Gasteiger partial charge in [0.2, 0.25) is 0 Å². The number of hydrogen-bond acceptors (Lipinski definition) is 2. The highest BCUT2D eigenvalue weighted by atomic mass is 28.5. The number of halogens is 3. The summed E-state index contributed by atoms with van der Waals surface area (Å²) in [5, 5.41) is 0. The van der Waals surface area contributed by atoms with Gasteiger partial charge in [0.05, 0.1) is 6.61 Å². The van der Waals surface area contributed by atoms with E-state index in [0.29, 0.717) is 13.0 Å². The number of allylic oxidation sites excluding steroid dienone is 1. The molecule has 0 aromatic carbocycles. The highest BCUT2D eigenvalue weighted by Crippen LogP contribution is 2.20. The molecule has 0 amide bonds. The molecule has 148 valence electrons. The van der Waals surface area contributed by atoms with Crippen molar-refractivity contribution in [3.05, 3.63) is 12.2 Å². The summed E-state index contributed by atoms with van der Waals surface area (Å²) in [4.78, 5) is 11.1. The largest absolute Gasteiger partial charge is 0.616 e. The van der Waals surface area contributed by atoms with Crippen LogP contribution in [0.3, 0.4) is 0 Å². The minimum absolute atomic E-state index is 0.260. The number of rotatable bonds is 17. The van der Waals surface area contributed by atoms with Crippen LogP contribution in [0, 0.1) is 0 Å². The zero-order valence-electron chi connectivity index (χ0n) is 15.7. The molecular weight excluding hydrogens is 345 g/mol. The number of esters is 1. The molecule has 0 saturated carbocycles. The van der Waals surface area contributed by atoms with E-state index in [1.165, 1.54) is 44.6 Å². The van der Waals surface area contributed by atoms with Crippen molar-refractivity contribution in [2.75, 3.05) is 6.61 Å². The summed E-state index contributed by atoms with van der Waals surface area (Å²) < 4.78 is 41.3. The Balaban J connectivity index is 3.11. The molecule has 0 heterocycles. The summed E-state index contributed by atoms with van der Waals surface area (Å²) in [6.45, 7) is 2.30. The third kappa shape index (κ3) is 21.2. The van der Waals surface area contributed by atoms with Gasteiger partial charge < -0.3 is 4.74 Å². The van der Waals surface area contributed by atoms with Crippen LogP contribution >= 0.6 is 0 Å². The Morgan fingerprint density at radius 1 is 0.760 bits per heavy atom. The molecule has 0 aromatic heterocycles. The molecule has 0 bridgehead atoms. The number of carbonyl (C=O) groups excluding carboxylic acids is 1. The van der Waals surface area contributed by atoms with E-state index in [1.54, 1.807) is 13.0 Å². The van der Waals surface area contributed by atoms with Crippen molar-refractivity contribution in [1.82, 2.24) is 0 Å². The smallest absolute Gasteiger partial charge is 0.463 e. The number of ether oxygens (including phenoxy) is 1. The van der Waals surface area contributed by atoms with Gasteiger partial charge in [-0.15, -0.1) is 0 Å². The zero-order valence-corrected chi connectivity index (χ0v) is 16.7. The summed E-state index contributed by atoms with van der Waals surface area (Å²) in [6, 6.07) is -0.495. The summed E-state index contributed by atoms with van der Waals surface area (Å²) >= 11 is 0. The van der Waals surface area contributed by atoms with Crippen LogP contribution in [0.25, 0.3) is 0 Å². The van der Waals surface area contributed by atoms with Crippen molar-refractivity contribution in [2.45, 2.75) is 96.4 Å². The fraction of sp³-hybridized carbons (Fsp3) is 0.842. The first kappa shape index (κ1) is 24.2. The van der Waals surface area contributed by atoms with Gasteiger partial charge in [-0.25, -0.2) is 17.1 Å². The van der Waals surface area contributed by atoms with E-state index in [4.69, 9.17) is 4.74 Å². The highest BCUT2D eigenvalue weighted by molar-refractivity contribution is 6.58. The zero-order chi connectivity index (χ0) is 18.8. The molecule has 0 atom stereocenters. The monoisotopic (exact) mass is 380 g/mol. The van der Waals surface area contributed by atoms with E-state index in [-0.39, 0.29) is 5.97 Å². The van der Waals surface area contributed by atoms with Gasteiger partial charge in [-0.3, -0.25) is 0 Å². The molecule has 0 radical (unpaired) electrons. The van der Waals surface area contributed by atoms with E-state index >= 15 is 0 Å². The Labute approximate surface area is 152 Å². The number of unbranched alkanes of at least 4 members (excludes halogenated alkanes) is 12. The summed E-state index contributed by atoms with van der Waals surface area (Å²) in [5.41, 5.74) is 0. The lowest BCUT2D eigenvalue weighted by Gasteiger charge is -2.04. The molecule has 25 heavy (non-hydrogen) atoms. The van der Waals surface area contributed by atoms with Crippen LogP contribution in [-0.4, -0.2) is 21.7 Å². The predicted molar refractivity (Wildman–Crippen MR) is 99.7 cm³/mol. The van der Waals surface area contributed by atoms with Crippen molar-refractivity contribution < 1.29 is 21.9 Å². The molecule has 0 spiro atoms. The summed E-state index contributed by atoms with van der Waals surface area (Å²) in [7, 11) is -5.30. The number of hydrogen-bond donors (Lipinski definition) is 0. The van der Waals surface area contributed by atoms with Gasteiger partial charge >= 0.3 is 15.0 Å². The van der Waals surface area contributed by atoms with Gasteiger partial charge in [0.15, 0.2) is 0 Å². The highest BCUT2D eigenvalue weighted by Gasteiger charge is 2.35. The van der Waals surface area contributed by atoms with Gasteiger partial charge in [0.25, 0.3) is 0 Å². The maximum Gasteiger partial charge on any atom is 0.616 e. The summed E-state index contributed by atoms with van der Waals surface area (Å²) in [5.74, 6) is -0.260. The third-order valence-corrected chi connectivity index (χ3v) is 5.07. The molecule has 0 saturated heterocycles. The van der Waals surface area contributed by atoms with E-state index in [1.807, 2.05) is 0 Å². The second-order valence-electron chi connectivity index (χ2n) is 6.63. The first-order valence-corrected chi connectivity index (χ1v) is 11.7. The molecule has 0 aromatic rings. The molecule has 6 heteroatoms. The second kappa shape index (κ2) is 16.7. The molecule has 0 rings (SSSR count). The molecule has 0 unspecified atom stereocenters. The van der Waals surface area contributed by atoms with Crippen molar-refractivity contribution in [1.29, 1.82) is 0 Å². The molecule has 0 aliphatic carbocycles. The van der Waals surface area contributed by atoms with Crippen LogP contribution < -0.4 is 0 Å². The molecule has 0 fully saturated rings. The van der Waals surface area contributed by atoms with E-state index in [9.17, 15) is 17.1 Å². The Kier molecular flexibility index (Phi) is 16.2. The molecular formula is C19H35F3O2Si. The average Bonchev–Trinajstić information content (AvgIpc) is 2.53. The van der Waals surface area contributed by atoms with Crippen LogP contribution in [0.4, 0.5) is 12.3 Å². The normalized spacial score (nSPS) is 12.0. The maximum absolute atomic E-state index is 12.1. The molecule has 0 N–H and O–H groups in total. The van der Waals surface area contributed by atoms with Crippen molar-refractivity contribution in [2.24, 2.45) is 0 Å². The van der Waals surface area contributed by atoms with Gasteiger partial charge in [-0.05, 0) is 19.8 Å². The van der Waals surface area contributed by atoms with Crippen molar-refractivity contribution >= 4 is 15.0 Å². The first-order chi connectivity index (χ1) is 12.0. The van der Waals surface area contributed by atoms with Crippen LogP contribution in [0.2, 0.25) is 6.04 Å². The van der Waals surface area contributed by atoms with E-state index in [0.717, 1.165) is 38.5 Å². The standard InChI is InChI=1S/C19H35F3O2Si/c1-2-16-19(23)24-17-14-12-10-8-6-4-3-5-7-9-11-13-15-18-25(20,21)22/h2,16H,3-15,17-18H2,1H3. The summed E-state index contributed by atoms with van der Waals surface area (Å²) in [6.07, 6.45) is 16.7. The lowest BCUT2D eigenvalue weighted by atomic mass is 10.0. The van der Waals surface area contributed by atoms with Gasteiger partial charge in [0, 0.05) is 12.1 Å². The Bertz CT molecular complexity index is 344. The van der Waals surface area contributed by atoms with Crippen LogP contribution in [0.15, 0.2) is 12.2 Å². The topological polar surface area (TPSA) is 26.3 Å². The SMILES string of the molecule is CC=CC(=O)OCCCCCCCCCCCCCCC[Si](F)(F)F. The Hall–Kier alpha value is -0.783. The van der Waals surface area contributed by atoms with Gasteiger partial charge in [-0.2, -0.15) is 0 Å². The Morgan fingerprint density at radius 3 is 1.56 bits per heavy atom. The molecule has 0 aliphatic heterocycles. The molecule has 0 aliphatic rings. The van der Waals surface area contributed by atoms with Crippen LogP contribution in [0.5, 0.6) is 0 Å². The van der Waals surface area contributed by atoms with Crippen LogP contribution in [0.1, 0.15) is 90.4 Å². The minimum Gasteiger partial charge on any atom is -0.463 e. The lowest BCUT2D eigenvalue weighted by molar-refractivity contribution is -0.137. The fourth-order valence-corrected chi connectivity index (χ4v) is 3.38. The quantitative estimate of drug-likeness (QED) is 0.0890. The fourth-order valence-electron chi connectivity index (χ4n) is 2.73. The maximum atomic E-state index is 12.1. The second-order valence-corrected chi connectivity index (χ2v) is 8.36. The van der Waals surface area contributed by atoms with Crippen molar-refractivity contribution in [3.63, 3.8) is 0 Å². The first-order valence-electron chi connectivity index (χ1n) is 9.82. The number of carbonyl (C=O) groups is 1. The van der Waals surface area contributed by atoms with Gasteiger partial charge in [0.1, 0.15) is 0 Å². The Morgan fingerprint density at radius 2 is 1.16 bits per heavy atom. The van der Waals surface area contributed by atoms with Crippen LogP contribution in [-0.2, 0) is 9.53 Å². The molecule has 2 nitrogen and oxygen atoms in total.